The average molecular weight is 622 g/mol. The zero-order chi connectivity index (χ0) is 31.6. The fourth-order valence-electron chi connectivity index (χ4n) is 4.12. The predicted molar refractivity (Wildman–Crippen MR) is 135 cm³/mol. The van der Waals surface area contributed by atoms with E-state index >= 15 is 0 Å². The fraction of sp³-hybridized carbons (Fsp3) is 0.346. The second-order valence-corrected chi connectivity index (χ2v) is 9.49. The summed E-state index contributed by atoms with van der Waals surface area (Å²) in [7, 11) is 0.854. The lowest BCUT2D eigenvalue weighted by Crippen LogP contribution is -2.47. The summed E-state index contributed by atoms with van der Waals surface area (Å²) in [5.41, 5.74) is -4.35. The van der Waals surface area contributed by atoms with Gasteiger partial charge < -0.3 is 9.47 Å². The van der Waals surface area contributed by atoms with Crippen LogP contribution in [0.1, 0.15) is 30.5 Å². The minimum absolute atomic E-state index is 0.00346. The van der Waals surface area contributed by atoms with Gasteiger partial charge in [0.25, 0.3) is 5.91 Å². The van der Waals surface area contributed by atoms with Crippen molar-refractivity contribution in [2.75, 3.05) is 31.7 Å². The van der Waals surface area contributed by atoms with Crippen molar-refractivity contribution in [3.8, 4) is 0 Å². The van der Waals surface area contributed by atoms with E-state index in [1.165, 1.54) is 13.8 Å². The summed E-state index contributed by atoms with van der Waals surface area (Å²) in [6.07, 6.45) is -9.48. The second kappa shape index (κ2) is 12.0. The van der Waals surface area contributed by atoms with Crippen molar-refractivity contribution in [1.29, 1.82) is 0 Å². The van der Waals surface area contributed by atoms with E-state index in [0.29, 0.717) is 18.2 Å². The third kappa shape index (κ3) is 6.66. The molecule has 0 spiro atoms. The Bertz CT molecular complexity index is 1430. The summed E-state index contributed by atoms with van der Waals surface area (Å²) >= 11 is 5.86. The van der Waals surface area contributed by atoms with E-state index in [2.05, 4.69) is 9.84 Å². The molecule has 3 rings (SSSR count). The third-order valence-electron chi connectivity index (χ3n) is 6.12. The van der Waals surface area contributed by atoms with Gasteiger partial charge in [0.15, 0.2) is 0 Å². The topological polar surface area (TPSA) is 106 Å². The molecule has 2 amide bonds. The number of ether oxygens (including phenoxy) is 2. The number of hydrazone groups is 1. The van der Waals surface area contributed by atoms with Crippen LogP contribution >= 0.6 is 11.6 Å². The minimum Gasteiger partial charge on any atom is -0.465 e. The normalized spacial score (nSPS) is 17.0. The molecule has 0 saturated carbocycles. The molecule has 0 N–H and O–H groups in total. The number of halogens is 7. The zero-order valence-corrected chi connectivity index (χ0v) is 22.9. The summed E-state index contributed by atoms with van der Waals surface area (Å²) in [6, 6.07) is 5.46. The summed E-state index contributed by atoms with van der Waals surface area (Å²) in [5.74, 6) is -5.00. The van der Waals surface area contributed by atoms with Gasteiger partial charge in [0.1, 0.15) is 12.0 Å². The number of hydrogen-bond acceptors (Lipinski definition) is 8. The molecular formula is C26H22ClF6N3O6. The molecule has 0 aliphatic carbocycles. The molecule has 226 valence electrons. The van der Waals surface area contributed by atoms with Crippen LogP contribution in [-0.2, 0) is 41.0 Å². The largest absolute Gasteiger partial charge is 0.465 e. The van der Waals surface area contributed by atoms with E-state index in [4.69, 9.17) is 16.3 Å². The van der Waals surface area contributed by atoms with E-state index < -0.39 is 69.9 Å². The molecule has 9 nitrogen and oxygen atoms in total. The Morgan fingerprint density at radius 1 is 1.02 bits per heavy atom. The highest BCUT2D eigenvalue weighted by molar-refractivity contribution is 6.43. The molecule has 1 aliphatic rings. The molecule has 1 heterocycles. The van der Waals surface area contributed by atoms with Crippen molar-refractivity contribution in [2.24, 2.45) is 10.5 Å². The first kappa shape index (κ1) is 32.4. The van der Waals surface area contributed by atoms with Gasteiger partial charge in [-0.1, -0.05) is 17.7 Å². The quantitative estimate of drug-likeness (QED) is 0.262. The number of esters is 2. The molecule has 0 saturated heterocycles. The monoisotopic (exact) mass is 621 g/mol. The summed E-state index contributed by atoms with van der Waals surface area (Å²) < 4.78 is 88.2. The van der Waals surface area contributed by atoms with Crippen molar-refractivity contribution in [1.82, 2.24) is 5.01 Å². The Morgan fingerprint density at radius 3 is 2.14 bits per heavy atom. The maximum absolute atomic E-state index is 13.3. The van der Waals surface area contributed by atoms with Crippen LogP contribution in [0.2, 0.25) is 5.02 Å². The summed E-state index contributed by atoms with van der Waals surface area (Å²) in [4.78, 5) is 51.2. The highest BCUT2D eigenvalue weighted by atomic mass is 35.5. The van der Waals surface area contributed by atoms with Crippen LogP contribution in [0.25, 0.3) is 0 Å². The third-order valence-corrected chi connectivity index (χ3v) is 6.43. The molecule has 0 fully saturated rings. The van der Waals surface area contributed by atoms with Gasteiger partial charge in [0.05, 0.1) is 47.8 Å². The summed E-state index contributed by atoms with van der Waals surface area (Å²) in [6.45, 7) is 1.66. The van der Waals surface area contributed by atoms with Crippen LogP contribution in [0.4, 0.5) is 32.0 Å². The number of rotatable bonds is 6. The van der Waals surface area contributed by atoms with E-state index in [0.717, 1.165) is 36.4 Å². The van der Waals surface area contributed by atoms with E-state index in [9.17, 15) is 45.5 Å². The number of carbonyl (C=O) groups excluding carboxylic acids is 4. The lowest BCUT2D eigenvalue weighted by molar-refractivity contribution is -0.152. The number of hydrogen-bond donors (Lipinski definition) is 0. The number of imide groups is 1. The van der Waals surface area contributed by atoms with Gasteiger partial charge in [-0.2, -0.15) is 31.4 Å². The Hall–Kier alpha value is -4.14. The SMILES string of the molecule is CCOC(=O)C1(C)CN(CC(=O)N(C(=O)C(=O)OC)c2ccc(C(F)(F)F)cc2)N=C1c1ccc(C(F)(F)F)c(Cl)c1. The number of alkyl halides is 6. The molecule has 0 bridgehead atoms. The van der Waals surface area contributed by atoms with Gasteiger partial charge in [-0.3, -0.25) is 19.4 Å². The van der Waals surface area contributed by atoms with E-state index in [1.54, 1.807) is 0 Å². The molecule has 0 radical (unpaired) electrons. The van der Waals surface area contributed by atoms with Crippen molar-refractivity contribution in [3.63, 3.8) is 0 Å². The fourth-order valence-corrected chi connectivity index (χ4v) is 4.41. The number of nitrogens with zero attached hydrogens (tertiary/aromatic N) is 3. The molecule has 2 aromatic rings. The van der Waals surface area contributed by atoms with Crippen LogP contribution in [0.15, 0.2) is 47.6 Å². The van der Waals surface area contributed by atoms with Gasteiger partial charge in [0.2, 0.25) is 0 Å². The number of amides is 2. The highest BCUT2D eigenvalue weighted by Gasteiger charge is 2.48. The standard InChI is InChI=1S/C26H22ClF6N3O6/c1-4-42-23(40)24(2)13-35(34-20(24)14-5-10-17(18(27)11-14)26(31,32)33)12-19(37)36(21(38)22(39)41-3)16-8-6-15(7-9-16)25(28,29)30/h5-11H,4,12-13H2,1-3H3. The molecule has 1 unspecified atom stereocenters. The average Bonchev–Trinajstić information content (AvgIpc) is 3.24. The van der Waals surface area contributed by atoms with Crippen molar-refractivity contribution in [3.05, 3.63) is 64.2 Å². The molecular weight excluding hydrogens is 600 g/mol. The molecule has 1 atom stereocenters. The van der Waals surface area contributed by atoms with Crippen molar-refractivity contribution in [2.45, 2.75) is 26.2 Å². The molecule has 0 aromatic heterocycles. The van der Waals surface area contributed by atoms with Gasteiger partial charge in [-0.05, 0) is 50.2 Å². The van der Waals surface area contributed by atoms with Gasteiger partial charge >= 0.3 is 30.2 Å². The minimum atomic E-state index is -4.76. The van der Waals surface area contributed by atoms with Gasteiger partial charge in [0, 0.05) is 5.56 Å². The predicted octanol–water partition coefficient (Wildman–Crippen LogP) is 4.70. The van der Waals surface area contributed by atoms with Crippen LogP contribution in [0.5, 0.6) is 0 Å². The molecule has 2 aromatic carbocycles. The maximum Gasteiger partial charge on any atom is 0.417 e. The second-order valence-electron chi connectivity index (χ2n) is 9.09. The first-order chi connectivity index (χ1) is 19.4. The number of methoxy groups -OCH3 is 1. The molecule has 42 heavy (non-hydrogen) atoms. The smallest absolute Gasteiger partial charge is 0.417 e. The summed E-state index contributed by atoms with van der Waals surface area (Å²) in [5, 5.41) is 4.54. The highest BCUT2D eigenvalue weighted by Crippen LogP contribution is 2.38. The first-order valence-electron chi connectivity index (χ1n) is 11.9. The van der Waals surface area contributed by atoms with Crippen LogP contribution < -0.4 is 4.90 Å². The van der Waals surface area contributed by atoms with Gasteiger partial charge in [-0.15, -0.1) is 0 Å². The van der Waals surface area contributed by atoms with E-state index in [-0.39, 0.29) is 29.3 Å². The number of benzene rings is 2. The Morgan fingerprint density at radius 2 is 1.64 bits per heavy atom. The maximum atomic E-state index is 13.3. The van der Waals surface area contributed by atoms with E-state index in [1.807, 2.05) is 0 Å². The number of carbonyl (C=O) groups is 4. The Balaban J connectivity index is 2.02. The van der Waals surface area contributed by atoms with Crippen molar-refractivity contribution >= 4 is 46.8 Å². The Kier molecular flexibility index (Phi) is 9.25. The first-order valence-corrected chi connectivity index (χ1v) is 12.3. The van der Waals surface area contributed by atoms with Crippen LogP contribution in [0.3, 0.4) is 0 Å². The molecule has 16 heteroatoms. The molecule has 1 aliphatic heterocycles. The van der Waals surface area contributed by atoms with Crippen molar-refractivity contribution < 1.29 is 55.0 Å². The lowest BCUT2D eigenvalue weighted by Gasteiger charge is -2.26. The van der Waals surface area contributed by atoms with Crippen LogP contribution in [-0.4, -0.2) is 61.3 Å². The van der Waals surface area contributed by atoms with Crippen LogP contribution in [0, 0.1) is 5.41 Å². The zero-order valence-electron chi connectivity index (χ0n) is 22.1. The Labute approximate surface area is 239 Å². The lowest BCUT2D eigenvalue weighted by atomic mass is 9.82. The van der Waals surface area contributed by atoms with Gasteiger partial charge in [-0.25, -0.2) is 9.69 Å². The number of anilines is 1.